The molecule has 1 fully saturated rings. The summed E-state index contributed by atoms with van der Waals surface area (Å²) < 4.78 is 25.1. The molecule has 0 aromatic rings. The average Bonchev–Trinajstić information content (AvgIpc) is 2.51. The van der Waals surface area contributed by atoms with Gasteiger partial charge in [0.1, 0.15) is 0 Å². The third-order valence-electron chi connectivity index (χ3n) is 2.66. The molecule has 1 saturated carbocycles. The molecule has 0 radical (unpaired) electrons. The minimum absolute atomic E-state index is 0.237. The molecule has 0 aliphatic heterocycles. The van der Waals surface area contributed by atoms with E-state index in [0.29, 0.717) is 0 Å². The van der Waals surface area contributed by atoms with Gasteiger partial charge in [0, 0.05) is 0 Å². The van der Waals surface area contributed by atoms with Gasteiger partial charge in [0.05, 0.1) is 16.6 Å². The topological polar surface area (TPSA) is 60.4 Å². The summed E-state index contributed by atoms with van der Waals surface area (Å²) in [5.74, 6) is -0.890. The first-order chi connectivity index (χ1) is 6.40. The molecule has 0 spiro atoms. The molecule has 0 saturated heterocycles. The maximum absolute atomic E-state index is 11.3. The Balaban J connectivity index is 2.51. The van der Waals surface area contributed by atoms with Crippen LogP contribution in [-0.2, 0) is 18.3 Å². The van der Waals surface area contributed by atoms with E-state index in [9.17, 15) is 13.2 Å². The number of hydrogen-bond donors (Lipinski definition) is 0. The minimum atomic E-state index is -4.18. The maximum Gasteiger partial charge on any atom is 0.403 e. The fourth-order valence-electron chi connectivity index (χ4n) is 1.82. The molecule has 0 aromatic carbocycles. The van der Waals surface area contributed by atoms with Crippen molar-refractivity contribution in [3.8, 4) is 0 Å². The van der Waals surface area contributed by atoms with Crippen molar-refractivity contribution in [2.45, 2.75) is 32.6 Å². The molecule has 1 rings (SSSR count). The predicted molar refractivity (Wildman–Crippen MR) is 52.0 cm³/mol. The highest BCUT2D eigenvalue weighted by atomic mass is 35.7. The number of carbonyl (C=O) groups is 1. The second-order valence-corrected chi connectivity index (χ2v) is 5.72. The first-order valence-corrected chi connectivity index (χ1v) is 6.81. The van der Waals surface area contributed by atoms with Gasteiger partial charge in [0.25, 0.3) is 0 Å². The maximum atomic E-state index is 11.3. The summed E-state index contributed by atoms with van der Waals surface area (Å²) in [5, 5.41) is 0. The van der Waals surface area contributed by atoms with Crippen molar-refractivity contribution >= 4 is 26.0 Å². The van der Waals surface area contributed by atoms with E-state index in [1.807, 2.05) is 0 Å². The fraction of sp³-hybridized carbons (Fsp3) is 0.875. The van der Waals surface area contributed by atoms with Crippen molar-refractivity contribution in [3.63, 3.8) is 0 Å². The number of halogens is 1. The zero-order valence-electron chi connectivity index (χ0n) is 7.90. The molecular formula is C8H13ClO4S. The molecule has 4 nitrogen and oxygen atoms in total. The summed E-state index contributed by atoms with van der Waals surface area (Å²) in [6, 6.07) is 0. The van der Waals surface area contributed by atoms with Gasteiger partial charge in [-0.05, 0) is 18.8 Å². The Hall–Kier alpha value is -0.290. The summed E-state index contributed by atoms with van der Waals surface area (Å²) >= 11 is 0. The Bertz CT molecular complexity index is 305. The van der Waals surface area contributed by atoms with Crippen LogP contribution >= 0.6 is 10.7 Å². The monoisotopic (exact) mass is 240 g/mol. The van der Waals surface area contributed by atoms with Crippen LogP contribution < -0.4 is 0 Å². The van der Waals surface area contributed by atoms with E-state index in [4.69, 9.17) is 10.7 Å². The Labute approximate surface area is 88.2 Å². The molecule has 14 heavy (non-hydrogen) atoms. The van der Waals surface area contributed by atoms with E-state index in [0.717, 1.165) is 25.7 Å². The van der Waals surface area contributed by atoms with Crippen LogP contribution in [0, 0.1) is 11.8 Å². The standard InChI is InChI=1S/C8H13ClO4S/c1-6(7-4-2-3-5-7)8(10)13-14(9,11)12/h6-7H,2-5H2,1H3. The second kappa shape index (κ2) is 4.49. The van der Waals surface area contributed by atoms with Crippen LogP contribution in [0.1, 0.15) is 32.6 Å². The quantitative estimate of drug-likeness (QED) is 0.707. The van der Waals surface area contributed by atoms with Gasteiger partial charge in [-0.2, -0.15) is 8.42 Å². The molecule has 6 heteroatoms. The van der Waals surface area contributed by atoms with Crippen molar-refractivity contribution in [1.29, 1.82) is 0 Å². The van der Waals surface area contributed by atoms with E-state index < -0.39 is 15.3 Å². The number of hydrogen-bond acceptors (Lipinski definition) is 4. The smallest absolute Gasteiger partial charge is 0.334 e. The highest BCUT2D eigenvalue weighted by Crippen LogP contribution is 2.32. The van der Waals surface area contributed by atoms with E-state index in [1.54, 1.807) is 6.92 Å². The summed E-state index contributed by atoms with van der Waals surface area (Å²) in [6.45, 7) is 1.68. The van der Waals surface area contributed by atoms with Crippen molar-refractivity contribution in [2.24, 2.45) is 11.8 Å². The first kappa shape index (κ1) is 11.8. The molecular weight excluding hydrogens is 228 g/mol. The third-order valence-corrected chi connectivity index (χ3v) is 3.21. The molecule has 0 bridgehead atoms. The first-order valence-electron chi connectivity index (χ1n) is 4.58. The van der Waals surface area contributed by atoms with E-state index in [1.165, 1.54) is 0 Å². The molecule has 82 valence electrons. The molecule has 0 amide bonds. The van der Waals surface area contributed by atoms with Crippen LogP contribution in [0.15, 0.2) is 0 Å². The van der Waals surface area contributed by atoms with Crippen molar-refractivity contribution < 1.29 is 17.4 Å². The minimum Gasteiger partial charge on any atom is -0.334 e. The van der Waals surface area contributed by atoms with Gasteiger partial charge in [-0.15, -0.1) is 0 Å². The lowest BCUT2D eigenvalue weighted by atomic mass is 9.93. The molecule has 0 aromatic heterocycles. The molecule has 0 N–H and O–H groups in total. The van der Waals surface area contributed by atoms with Gasteiger partial charge in [-0.3, -0.25) is 4.79 Å². The van der Waals surface area contributed by atoms with Crippen LogP contribution in [-0.4, -0.2) is 14.4 Å². The highest BCUT2D eigenvalue weighted by molar-refractivity contribution is 8.10. The highest BCUT2D eigenvalue weighted by Gasteiger charge is 2.30. The van der Waals surface area contributed by atoms with E-state index in [2.05, 4.69) is 4.18 Å². The summed E-state index contributed by atoms with van der Waals surface area (Å²) in [4.78, 5) is 11.3. The van der Waals surface area contributed by atoms with Crippen molar-refractivity contribution in [2.75, 3.05) is 0 Å². The largest absolute Gasteiger partial charge is 0.403 e. The number of carbonyl (C=O) groups excluding carboxylic acids is 1. The Kier molecular flexibility index (Phi) is 3.78. The summed E-state index contributed by atoms with van der Waals surface area (Å²) in [7, 11) is 0.633. The lowest BCUT2D eigenvalue weighted by Gasteiger charge is -2.15. The lowest BCUT2D eigenvalue weighted by Crippen LogP contribution is -2.22. The molecule has 1 unspecified atom stereocenters. The normalized spacial score (nSPS) is 20.7. The summed E-state index contributed by atoms with van der Waals surface area (Å²) in [5.41, 5.74) is 0. The van der Waals surface area contributed by atoms with Gasteiger partial charge in [0.15, 0.2) is 0 Å². The van der Waals surface area contributed by atoms with E-state index in [-0.39, 0.29) is 11.8 Å². The predicted octanol–water partition coefficient (Wildman–Crippen LogP) is 1.84. The van der Waals surface area contributed by atoms with Gasteiger partial charge >= 0.3 is 15.3 Å². The zero-order chi connectivity index (χ0) is 10.8. The van der Waals surface area contributed by atoms with Gasteiger partial charge < -0.3 is 4.18 Å². The second-order valence-electron chi connectivity index (χ2n) is 3.63. The Morgan fingerprint density at radius 1 is 1.43 bits per heavy atom. The molecule has 1 atom stereocenters. The van der Waals surface area contributed by atoms with Gasteiger partial charge in [-0.25, -0.2) is 0 Å². The Morgan fingerprint density at radius 2 is 1.93 bits per heavy atom. The van der Waals surface area contributed by atoms with Gasteiger partial charge in [-0.1, -0.05) is 19.8 Å². The fourth-order valence-corrected chi connectivity index (χ4v) is 2.36. The molecule has 1 aliphatic rings. The Morgan fingerprint density at radius 3 is 2.36 bits per heavy atom. The lowest BCUT2D eigenvalue weighted by molar-refractivity contribution is -0.139. The van der Waals surface area contributed by atoms with E-state index >= 15 is 0 Å². The molecule has 1 aliphatic carbocycles. The summed E-state index contributed by atoms with van der Waals surface area (Å²) in [6.07, 6.45) is 4.10. The molecule has 0 heterocycles. The van der Waals surface area contributed by atoms with Gasteiger partial charge in [0.2, 0.25) is 0 Å². The van der Waals surface area contributed by atoms with Crippen LogP contribution in [0.25, 0.3) is 0 Å². The zero-order valence-corrected chi connectivity index (χ0v) is 9.47. The van der Waals surface area contributed by atoms with Crippen LogP contribution in [0.5, 0.6) is 0 Å². The van der Waals surface area contributed by atoms with Crippen molar-refractivity contribution in [3.05, 3.63) is 0 Å². The average molecular weight is 241 g/mol. The van der Waals surface area contributed by atoms with Crippen LogP contribution in [0.3, 0.4) is 0 Å². The SMILES string of the molecule is CC(C(=O)OS(=O)(=O)Cl)C1CCCC1. The third kappa shape index (κ3) is 3.46. The van der Waals surface area contributed by atoms with Crippen LogP contribution in [0.4, 0.5) is 0 Å². The van der Waals surface area contributed by atoms with Crippen molar-refractivity contribution in [1.82, 2.24) is 0 Å². The number of rotatable bonds is 3. The van der Waals surface area contributed by atoms with Crippen LogP contribution in [0.2, 0.25) is 0 Å².